The summed E-state index contributed by atoms with van der Waals surface area (Å²) in [5, 5.41) is 7.05. The Bertz CT molecular complexity index is 586. The molecule has 0 spiro atoms. The molecule has 0 aromatic carbocycles. The number of amides is 1. The summed E-state index contributed by atoms with van der Waals surface area (Å²) in [5.41, 5.74) is 1.48. The van der Waals surface area contributed by atoms with Gasteiger partial charge in [-0.2, -0.15) is 5.10 Å². The van der Waals surface area contributed by atoms with E-state index >= 15 is 0 Å². The van der Waals surface area contributed by atoms with Gasteiger partial charge in [-0.15, -0.1) is 0 Å². The summed E-state index contributed by atoms with van der Waals surface area (Å²) in [7, 11) is 0. The van der Waals surface area contributed by atoms with Crippen LogP contribution in [0.25, 0.3) is 5.65 Å². The Kier molecular flexibility index (Phi) is 3.19. The molecule has 2 heterocycles. The first-order chi connectivity index (χ1) is 9.24. The summed E-state index contributed by atoms with van der Waals surface area (Å²) < 4.78 is 1.66. The van der Waals surface area contributed by atoms with Crippen LogP contribution in [0.5, 0.6) is 0 Å². The number of hydrogen-bond donors (Lipinski definition) is 1. The van der Waals surface area contributed by atoms with Crippen molar-refractivity contribution in [3.8, 4) is 0 Å². The van der Waals surface area contributed by atoms with Crippen LogP contribution in [0.2, 0.25) is 0 Å². The number of nitrogens with one attached hydrogen (secondary N) is 1. The number of carbonyl (C=O) groups is 1. The molecule has 0 saturated heterocycles. The van der Waals surface area contributed by atoms with Gasteiger partial charge in [0.25, 0.3) is 0 Å². The molecule has 1 atom stereocenters. The van der Waals surface area contributed by atoms with E-state index in [1.54, 1.807) is 23.1 Å². The fourth-order valence-corrected chi connectivity index (χ4v) is 2.80. The van der Waals surface area contributed by atoms with Gasteiger partial charge in [-0.05, 0) is 18.8 Å². The van der Waals surface area contributed by atoms with Gasteiger partial charge in [0.15, 0.2) is 5.65 Å². The van der Waals surface area contributed by atoms with Gasteiger partial charge in [-0.3, -0.25) is 4.79 Å². The topological polar surface area (TPSA) is 59.3 Å². The predicted molar refractivity (Wildman–Crippen MR) is 72.7 cm³/mol. The Hall–Kier alpha value is -1.91. The van der Waals surface area contributed by atoms with Gasteiger partial charge in [-0.1, -0.05) is 19.8 Å². The monoisotopic (exact) mass is 258 g/mol. The van der Waals surface area contributed by atoms with Crippen molar-refractivity contribution in [3.05, 3.63) is 24.7 Å². The van der Waals surface area contributed by atoms with Crippen LogP contribution in [0.4, 0.5) is 5.69 Å². The number of rotatable bonds is 3. The third kappa shape index (κ3) is 2.45. The first-order valence-electron chi connectivity index (χ1n) is 6.84. The molecular formula is C14H18N4O. The second kappa shape index (κ2) is 4.99. The number of carbonyl (C=O) groups excluding carboxylic acids is 1. The van der Waals surface area contributed by atoms with Crippen molar-refractivity contribution in [2.75, 3.05) is 5.32 Å². The van der Waals surface area contributed by atoms with E-state index in [2.05, 4.69) is 15.4 Å². The van der Waals surface area contributed by atoms with Crippen molar-refractivity contribution in [1.29, 1.82) is 0 Å². The number of hydrogen-bond acceptors (Lipinski definition) is 3. The number of anilines is 1. The van der Waals surface area contributed by atoms with Crippen LogP contribution in [0.15, 0.2) is 24.7 Å². The van der Waals surface area contributed by atoms with E-state index in [1.807, 2.05) is 13.0 Å². The average molecular weight is 258 g/mol. The molecule has 1 saturated carbocycles. The number of aromatic nitrogens is 3. The maximum atomic E-state index is 12.2. The molecule has 3 rings (SSSR count). The van der Waals surface area contributed by atoms with Crippen LogP contribution < -0.4 is 5.32 Å². The molecule has 0 aliphatic heterocycles. The van der Waals surface area contributed by atoms with Crippen molar-refractivity contribution >= 4 is 17.2 Å². The Morgan fingerprint density at radius 3 is 3.05 bits per heavy atom. The zero-order chi connectivity index (χ0) is 13.2. The minimum atomic E-state index is 0.0656. The second-order valence-corrected chi connectivity index (χ2v) is 5.30. The highest BCUT2D eigenvalue weighted by molar-refractivity contribution is 5.92. The zero-order valence-electron chi connectivity index (χ0n) is 11.0. The van der Waals surface area contributed by atoms with Crippen molar-refractivity contribution < 1.29 is 4.79 Å². The second-order valence-electron chi connectivity index (χ2n) is 5.30. The third-order valence-electron chi connectivity index (χ3n) is 4.03. The molecule has 5 heteroatoms. The smallest absolute Gasteiger partial charge is 0.227 e. The molecule has 1 N–H and O–H groups in total. The van der Waals surface area contributed by atoms with Crippen molar-refractivity contribution in [3.63, 3.8) is 0 Å². The SMILES string of the molecule is CC(C(=O)Nc1cnc2ccnn2c1)C1CCCC1. The molecule has 1 unspecified atom stereocenters. The van der Waals surface area contributed by atoms with E-state index in [0.29, 0.717) is 11.6 Å². The lowest BCUT2D eigenvalue weighted by Crippen LogP contribution is -2.26. The summed E-state index contributed by atoms with van der Waals surface area (Å²) in [6.45, 7) is 2.02. The summed E-state index contributed by atoms with van der Waals surface area (Å²) in [6.07, 6.45) is 10.0. The summed E-state index contributed by atoms with van der Waals surface area (Å²) >= 11 is 0. The van der Waals surface area contributed by atoms with Crippen LogP contribution in [-0.2, 0) is 4.79 Å². The molecule has 1 aliphatic carbocycles. The van der Waals surface area contributed by atoms with Gasteiger partial charge in [0.1, 0.15) is 0 Å². The van der Waals surface area contributed by atoms with Crippen molar-refractivity contribution in [2.45, 2.75) is 32.6 Å². The molecule has 5 nitrogen and oxygen atoms in total. The Morgan fingerprint density at radius 1 is 1.47 bits per heavy atom. The fraction of sp³-hybridized carbons (Fsp3) is 0.500. The summed E-state index contributed by atoms with van der Waals surface area (Å²) in [6, 6.07) is 1.83. The molecule has 2 aromatic rings. The largest absolute Gasteiger partial charge is 0.323 e. The number of fused-ring (bicyclic) bond motifs is 1. The Morgan fingerprint density at radius 2 is 2.26 bits per heavy atom. The molecule has 2 aromatic heterocycles. The van der Waals surface area contributed by atoms with E-state index in [9.17, 15) is 4.79 Å². The highest BCUT2D eigenvalue weighted by Gasteiger charge is 2.26. The van der Waals surface area contributed by atoms with Gasteiger partial charge < -0.3 is 5.32 Å². The van der Waals surface area contributed by atoms with E-state index < -0.39 is 0 Å². The van der Waals surface area contributed by atoms with Crippen molar-refractivity contribution in [2.24, 2.45) is 11.8 Å². The molecule has 1 fully saturated rings. The van der Waals surface area contributed by atoms with E-state index in [-0.39, 0.29) is 11.8 Å². The first kappa shape index (κ1) is 12.1. The van der Waals surface area contributed by atoms with Crippen LogP contribution >= 0.6 is 0 Å². The van der Waals surface area contributed by atoms with E-state index in [0.717, 1.165) is 5.65 Å². The highest BCUT2D eigenvalue weighted by atomic mass is 16.1. The minimum Gasteiger partial charge on any atom is -0.323 e. The molecular weight excluding hydrogens is 240 g/mol. The maximum Gasteiger partial charge on any atom is 0.227 e. The van der Waals surface area contributed by atoms with E-state index in [4.69, 9.17) is 0 Å². The Labute approximate surface area is 112 Å². The molecule has 0 bridgehead atoms. The fourth-order valence-electron chi connectivity index (χ4n) is 2.80. The van der Waals surface area contributed by atoms with E-state index in [1.165, 1.54) is 25.7 Å². The molecule has 1 amide bonds. The van der Waals surface area contributed by atoms with Gasteiger partial charge in [-0.25, -0.2) is 9.50 Å². The highest BCUT2D eigenvalue weighted by Crippen LogP contribution is 2.31. The summed E-state index contributed by atoms with van der Waals surface area (Å²) in [4.78, 5) is 16.4. The van der Waals surface area contributed by atoms with Crippen LogP contribution in [0.1, 0.15) is 32.6 Å². The lowest BCUT2D eigenvalue weighted by atomic mass is 9.92. The van der Waals surface area contributed by atoms with Gasteiger partial charge >= 0.3 is 0 Å². The molecule has 100 valence electrons. The quantitative estimate of drug-likeness (QED) is 0.920. The number of nitrogens with zero attached hydrogens (tertiary/aromatic N) is 3. The first-order valence-corrected chi connectivity index (χ1v) is 6.84. The molecule has 19 heavy (non-hydrogen) atoms. The standard InChI is InChI=1S/C14H18N4O/c1-10(11-4-2-3-5-11)14(19)17-12-8-15-13-6-7-16-18(13)9-12/h6-11H,2-5H2,1H3,(H,17,19). The molecule has 0 radical (unpaired) electrons. The van der Waals surface area contributed by atoms with Gasteiger partial charge in [0.05, 0.1) is 24.3 Å². The third-order valence-corrected chi connectivity index (χ3v) is 4.03. The predicted octanol–water partition coefficient (Wildman–Crippen LogP) is 2.49. The lowest BCUT2D eigenvalue weighted by molar-refractivity contribution is -0.120. The summed E-state index contributed by atoms with van der Waals surface area (Å²) in [5.74, 6) is 0.678. The van der Waals surface area contributed by atoms with Gasteiger partial charge in [0.2, 0.25) is 5.91 Å². The normalized spacial score (nSPS) is 17.7. The van der Waals surface area contributed by atoms with Crippen molar-refractivity contribution in [1.82, 2.24) is 14.6 Å². The lowest BCUT2D eigenvalue weighted by Gasteiger charge is -2.18. The zero-order valence-corrected chi connectivity index (χ0v) is 11.0. The molecule has 1 aliphatic rings. The maximum absolute atomic E-state index is 12.2. The van der Waals surface area contributed by atoms with Crippen LogP contribution in [0.3, 0.4) is 0 Å². The van der Waals surface area contributed by atoms with Gasteiger partial charge in [0, 0.05) is 12.0 Å². The van der Waals surface area contributed by atoms with Crippen LogP contribution in [0, 0.1) is 11.8 Å². The van der Waals surface area contributed by atoms with Crippen LogP contribution in [-0.4, -0.2) is 20.5 Å². The Balaban J connectivity index is 1.70. The minimum absolute atomic E-state index is 0.0656. The average Bonchev–Trinajstić information content (AvgIpc) is 3.08.